The third-order valence-electron chi connectivity index (χ3n) is 5.45. The Hall–Kier alpha value is -3.60. The monoisotopic (exact) mass is 370 g/mol. The molecule has 5 nitrogen and oxygen atoms in total. The average Bonchev–Trinajstić information content (AvgIpc) is 3.00. The summed E-state index contributed by atoms with van der Waals surface area (Å²) in [6.07, 6.45) is -0.196. The number of nitrogens with one attached hydrogen (secondary N) is 1. The van der Waals surface area contributed by atoms with Crippen molar-refractivity contribution >= 4 is 23.4 Å². The van der Waals surface area contributed by atoms with E-state index in [9.17, 15) is 9.59 Å². The standard InChI is InChI=1S/C23H18N2O3/c26-21-23(18-13-7-8-14-19(18)24-21)15-20(16-9-3-1-4-10-16)25(22(27)28-23)17-11-5-2-6-12-17/h1-14,20H,15H2,(H,24,26)/t20-,23-/m1/s1. The highest BCUT2D eigenvalue weighted by molar-refractivity contribution is 6.07. The van der Waals surface area contributed by atoms with Crippen molar-refractivity contribution in [1.82, 2.24) is 0 Å². The fourth-order valence-corrected chi connectivity index (χ4v) is 4.14. The van der Waals surface area contributed by atoms with Crippen LogP contribution < -0.4 is 10.2 Å². The first-order valence-electron chi connectivity index (χ1n) is 9.22. The Morgan fingerprint density at radius 2 is 1.50 bits per heavy atom. The van der Waals surface area contributed by atoms with Crippen LogP contribution in [0.15, 0.2) is 84.9 Å². The zero-order valence-corrected chi connectivity index (χ0v) is 15.0. The van der Waals surface area contributed by atoms with Crippen LogP contribution >= 0.6 is 0 Å². The zero-order valence-electron chi connectivity index (χ0n) is 15.0. The van der Waals surface area contributed by atoms with E-state index in [2.05, 4.69) is 5.32 Å². The quantitative estimate of drug-likeness (QED) is 0.716. The SMILES string of the molecule is O=C1O[C@@]2(C[C@H](c3ccccc3)N1c1ccccc1)C(=O)Nc1ccccc12. The Labute approximate surface area is 162 Å². The van der Waals surface area contributed by atoms with Gasteiger partial charge in [-0.3, -0.25) is 9.69 Å². The largest absolute Gasteiger partial charge is 0.427 e. The van der Waals surface area contributed by atoms with Gasteiger partial charge in [-0.1, -0.05) is 66.7 Å². The van der Waals surface area contributed by atoms with Gasteiger partial charge in [0.1, 0.15) is 0 Å². The fraction of sp³-hybridized carbons (Fsp3) is 0.130. The molecule has 3 aromatic carbocycles. The molecular formula is C23H18N2O3. The van der Waals surface area contributed by atoms with Gasteiger partial charge >= 0.3 is 6.09 Å². The van der Waals surface area contributed by atoms with Gasteiger partial charge in [0.25, 0.3) is 5.91 Å². The number of rotatable bonds is 2. The Bertz CT molecular complexity index is 1050. The summed E-state index contributed by atoms with van der Waals surface area (Å²) >= 11 is 0. The van der Waals surface area contributed by atoms with Crippen molar-refractivity contribution in [1.29, 1.82) is 0 Å². The van der Waals surface area contributed by atoms with Gasteiger partial charge in [0.2, 0.25) is 5.60 Å². The summed E-state index contributed by atoms with van der Waals surface area (Å²) in [5.74, 6) is -0.296. The van der Waals surface area contributed by atoms with Crippen molar-refractivity contribution in [3.63, 3.8) is 0 Å². The van der Waals surface area contributed by atoms with Crippen molar-refractivity contribution in [2.24, 2.45) is 0 Å². The molecule has 1 fully saturated rings. The number of para-hydroxylation sites is 2. The number of carbonyl (C=O) groups is 2. The number of amides is 2. The molecule has 2 aliphatic heterocycles. The van der Waals surface area contributed by atoms with Crippen LogP contribution in [-0.4, -0.2) is 12.0 Å². The number of hydrogen-bond acceptors (Lipinski definition) is 3. The van der Waals surface area contributed by atoms with Crippen LogP contribution in [0, 0.1) is 0 Å². The molecule has 2 atom stereocenters. The van der Waals surface area contributed by atoms with Gasteiger partial charge in [-0.2, -0.15) is 0 Å². The van der Waals surface area contributed by atoms with Crippen LogP contribution in [0.25, 0.3) is 0 Å². The molecule has 0 aliphatic carbocycles. The van der Waals surface area contributed by atoms with Gasteiger partial charge in [0.05, 0.1) is 6.04 Å². The third-order valence-corrected chi connectivity index (χ3v) is 5.45. The number of benzene rings is 3. The molecule has 3 aromatic rings. The van der Waals surface area contributed by atoms with Crippen molar-refractivity contribution in [3.8, 4) is 0 Å². The second kappa shape index (κ2) is 6.23. The molecule has 0 saturated carbocycles. The maximum Gasteiger partial charge on any atom is 0.416 e. The molecule has 138 valence electrons. The lowest BCUT2D eigenvalue weighted by Gasteiger charge is -2.43. The summed E-state index contributed by atoms with van der Waals surface area (Å²) in [7, 11) is 0. The maximum atomic E-state index is 13.2. The van der Waals surface area contributed by atoms with Crippen LogP contribution in [0.3, 0.4) is 0 Å². The van der Waals surface area contributed by atoms with Crippen LogP contribution in [0.5, 0.6) is 0 Å². The van der Waals surface area contributed by atoms with Crippen molar-refractivity contribution in [2.75, 3.05) is 10.2 Å². The highest BCUT2D eigenvalue weighted by Gasteiger charge is 2.56. The summed E-state index contributed by atoms with van der Waals surface area (Å²) in [6, 6.07) is 26.2. The molecule has 5 heteroatoms. The van der Waals surface area contributed by atoms with Crippen LogP contribution in [0.4, 0.5) is 16.2 Å². The van der Waals surface area contributed by atoms with E-state index in [-0.39, 0.29) is 11.9 Å². The predicted molar refractivity (Wildman–Crippen MR) is 106 cm³/mol. The van der Waals surface area contributed by atoms with Gasteiger partial charge in [0, 0.05) is 23.4 Å². The van der Waals surface area contributed by atoms with Crippen molar-refractivity contribution in [3.05, 3.63) is 96.1 Å². The zero-order chi connectivity index (χ0) is 19.1. The third kappa shape index (κ3) is 2.40. The Kier molecular flexibility index (Phi) is 3.69. The minimum absolute atomic E-state index is 0.296. The molecule has 1 spiro atoms. The number of carbonyl (C=O) groups excluding carboxylic acids is 2. The Morgan fingerprint density at radius 1 is 0.857 bits per heavy atom. The van der Waals surface area contributed by atoms with E-state index in [1.54, 1.807) is 4.90 Å². The highest BCUT2D eigenvalue weighted by atomic mass is 16.6. The first kappa shape index (κ1) is 16.6. The molecule has 0 bridgehead atoms. The van der Waals surface area contributed by atoms with E-state index in [1.165, 1.54) is 0 Å². The summed E-state index contributed by atoms with van der Waals surface area (Å²) in [6.45, 7) is 0. The minimum Gasteiger partial charge on any atom is -0.427 e. The molecule has 1 saturated heterocycles. The fourth-order valence-electron chi connectivity index (χ4n) is 4.14. The topological polar surface area (TPSA) is 58.6 Å². The van der Waals surface area contributed by atoms with Gasteiger partial charge in [-0.05, 0) is 23.8 Å². The lowest BCUT2D eigenvalue weighted by atomic mass is 9.83. The molecule has 0 unspecified atom stereocenters. The first-order chi connectivity index (χ1) is 13.7. The second-order valence-corrected chi connectivity index (χ2v) is 7.03. The Morgan fingerprint density at radius 3 is 2.25 bits per heavy atom. The molecular weight excluding hydrogens is 352 g/mol. The summed E-state index contributed by atoms with van der Waals surface area (Å²) < 4.78 is 5.87. The molecule has 2 heterocycles. The minimum atomic E-state index is -1.32. The number of anilines is 2. The van der Waals surface area contributed by atoms with E-state index in [1.807, 2.05) is 84.9 Å². The van der Waals surface area contributed by atoms with E-state index < -0.39 is 11.7 Å². The molecule has 0 radical (unpaired) electrons. The normalized spacial score (nSPS) is 23.3. The summed E-state index contributed by atoms with van der Waals surface area (Å²) in [5.41, 5.74) is 1.78. The smallest absolute Gasteiger partial charge is 0.416 e. The predicted octanol–water partition coefficient (Wildman–Crippen LogP) is 4.62. The molecule has 2 amide bonds. The first-order valence-corrected chi connectivity index (χ1v) is 9.22. The van der Waals surface area contributed by atoms with Crippen LogP contribution in [-0.2, 0) is 15.1 Å². The van der Waals surface area contributed by atoms with E-state index in [4.69, 9.17) is 4.74 Å². The average molecular weight is 370 g/mol. The maximum absolute atomic E-state index is 13.2. The molecule has 0 aromatic heterocycles. The lowest BCUT2D eigenvalue weighted by Crippen LogP contribution is -2.52. The van der Waals surface area contributed by atoms with Crippen LogP contribution in [0.2, 0.25) is 0 Å². The molecule has 5 rings (SSSR count). The van der Waals surface area contributed by atoms with Crippen LogP contribution in [0.1, 0.15) is 23.6 Å². The van der Waals surface area contributed by atoms with E-state index in [0.717, 1.165) is 11.3 Å². The van der Waals surface area contributed by atoms with Crippen molar-refractivity contribution in [2.45, 2.75) is 18.1 Å². The highest BCUT2D eigenvalue weighted by Crippen LogP contribution is 2.50. The van der Waals surface area contributed by atoms with E-state index in [0.29, 0.717) is 17.7 Å². The van der Waals surface area contributed by atoms with Gasteiger partial charge in [-0.25, -0.2) is 4.79 Å². The number of nitrogens with zero attached hydrogens (tertiary/aromatic N) is 1. The number of hydrogen-bond donors (Lipinski definition) is 1. The van der Waals surface area contributed by atoms with Crippen molar-refractivity contribution < 1.29 is 14.3 Å². The number of ether oxygens (including phenoxy) is 1. The van der Waals surface area contributed by atoms with Gasteiger partial charge in [-0.15, -0.1) is 0 Å². The summed E-state index contributed by atoms with van der Waals surface area (Å²) in [4.78, 5) is 27.8. The van der Waals surface area contributed by atoms with Gasteiger partial charge in [0.15, 0.2) is 0 Å². The Balaban J connectivity index is 1.66. The van der Waals surface area contributed by atoms with E-state index >= 15 is 0 Å². The number of fused-ring (bicyclic) bond motifs is 2. The summed E-state index contributed by atoms with van der Waals surface area (Å²) in [5, 5.41) is 2.87. The molecule has 28 heavy (non-hydrogen) atoms. The van der Waals surface area contributed by atoms with Gasteiger partial charge < -0.3 is 10.1 Å². The second-order valence-electron chi connectivity index (χ2n) is 7.03. The molecule has 2 aliphatic rings. The lowest BCUT2D eigenvalue weighted by molar-refractivity contribution is -0.137. The molecule has 1 N–H and O–H groups in total.